The highest BCUT2D eigenvalue weighted by Crippen LogP contribution is 2.23. The Morgan fingerprint density at radius 2 is 1.96 bits per heavy atom. The third-order valence-corrected chi connectivity index (χ3v) is 4.99. The molecule has 0 aliphatic heterocycles. The smallest absolute Gasteiger partial charge is 0.179 e. The van der Waals surface area contributed by atoms with Gasteiger partial charge in [-0.1, -0.05) is 18.2 Å². The van der Waals surface area contributed by atoms with Crippen LogP contribution in [-0.2, 0) is 16.3 Å². The van der Waals surface area contributed by atoms with E-state index in [0.717, 1.165) is 17.6 Å². The van der Waals surface area contributed by atoms with Gasteiger partial charge in [0.25, 0.3) is 0 Å². The van der Waals surface area contributed by atoms with Crippen LogP contribution in [0.4, 0.5) is 5.82 Å². The number of benzene rings is 1. The number of H-pyrrole nitrogens is 1. The van der Waals surface area contributed by atoms with E-state index in [9.17, 15) is 8.42 Å². The molecule has 0 aliphatic carbocycles. The van der Waals surface area contributed by atoms with E-state index in [1.807, 2.05) is 12.1 Å². The standard InChI is InChI=1S/C17H19N3O2S/c1-12-13(14-6-3-4-7-15(14)20-12)9-11-19-17-16(23(2,21)22)8-5-10-18-17/h3-8,10,20H,9,11H2,1-2H3,(H,18,19). The molecular weight excluding hydrogens is 310 g/mol. The van der Waals surface area contributed by atoms with Crippen molar-refractivity contribution in [2.75, 3.05) is 18.1 Å². The lowest BCUT2D eigenvalue weighted by Gasteiger charge is -2.09. The molecule has 0 atom stereocenters. The maximum absolute atomic E-state index is 11.8. The van der Waals surface area contributed by atoms with Crippen molar-refractivity contribution < 1.29 is 8.42 Å². The van der Waals surface area contributed by atoms with E-state index >= 15 is 0 Å². The second kappa shape index (κ2) is 6.04. The molecular formula is C17H19N3O2S. The van der Waals surface area contributed by atoms with Gasteiger partial charge in [-0.2, -0.15) is 0 Å². The van der Waals surface area contributed by atoms with Crippen molar-refractivity contribution in [2.24, 2.45) is 0 Å². The summed E-state index contributed by atoms with van der Waals surface area (Å²) in [6, 6.07) is 11.4. The first-order valence-corrected chi connectivity index (χ1v) is 9.31. The number of hydrogen-bond acceptors (Lipinski definition) is 4. The van der Waals surface area contributed by atoms with Gasteiger partial charge in [-0.15, -0.1) is 0 Å². The van der Waals surface area contributed by atoms with Gasteiger partial charge in [0.1, 0.15) is 10.7 Å². The third kappa shape index (κ3) is 3.22. The predicted octanol–water partition coefficient (Wildman–Crippen LogP) is 2.93. The first-order valence-electron chi connectivity index (χ1n) is 7.42. The van der Waals surface area contributed by atoms with Crippen molar-refractivity contribution in [1.82, 2.24) is 9.97 Å². The fraction of sp³-hybridized carbons (Fsp3) is 0.235. The van der Waals surface area contributed by atoms with Crippen molar-refractivity contribution in [2.45, 2.75) is 18.2 Å². The second-order valence-electron chi connectivity index (χ2n) is 5.57. The number of pyridine rings is 1. The van der Waals surface area contributed by atoms with Gasteiger partial charge in [-0.3, -0.25) is 0 Å². The molecule has 0 spiro atoms. The third-order valence-electron chi connectivity index (χ3n) is 3.86. The quantitative estimate of drug-likeness (QED) is 0.755. The molecule has 0 fully saturated rings. The average molecular weight is 329 g/mol. The van der Waals surface area contributed by atoms with Crippen molar-refractivity contribution in [3.8, 4) is 0 Å². The van der Waals surface area contributed by atoms with Crippen molar-refractivity contribution in [1.29, 1.82) is 0 Å². The lowest BCUT2D eigenvalue weighted by atomic mass is 10.1. The molecule has 1 aromatic carbocycles. The molecule has 0 radical (unpaired) electrons. The predicted molar refractivity (Wildman–Crippen MR) is 92.6 cm³/mol. The summed E-state index contributed by atoms with van der Waals surface area (Å²) in [4.78, 5) is 7.75. The zero-order chi connectivity index (χ0) is 16.4. The van der Waals surface area contributed by atoms with Crippen LogP contribution in [0.5, 0.6) is 0 Å². The maximum atomic E-state index is 11.8. The summed E-state index contributed by atoms with van der Waals surface area (Å²) in [7, 11) is -3.29. The van der Waals surface area contributed by atoms with Gasteiger partial charge in [-0.05, 0) is 37.1 Å². The van der Waals surface area contributed by atoms with Gasteiger partial charge >= 0.3 is 0 Å². The van der Waals surface area contributed by atoms with Crippen LogP contribution in [0.3, 0.4) is 0 Å². The molecule has 0 aliphatic rings. The molecule has 0 bridgehead atoms. The van der Waals surface area contributed by atoms with Crippen molar-refractivity contribution in [3.63, 3.8) is 0 Å². The Bertz CT molecular complexity index is 945. The molecule has 2 aromatic heterocycles. The number of anilines is 1. The zero-order valence-electron chi connectivity index (χ0n) is 13.1. The number of aromatic nitrogens is 2. The van der Waals surface area contributed by atoms with Crippen molar-refractivity contribution in [3.05, 3.63) is 53.9 Å². The SMILES string of the molecule is Cc1[nH]c2ccccc2c1CCNc1ncccc1S(C)(=O)=O. The molecule has 2 heterocycles. The van der Waals surface area contributed by atoms with E-state index in [0.29, 0.717) is 12.4 Å². The average Bonchev–Trinajstić information content (AvgIpc) is 2.83. The fourth-order valence-corrected chi connectivity index (χ4v) is 3.59. The minimum Gasteiger partial charge on any atom is -0.369 e. The Kier molecular flexibility index (Phi) is 4.09. The number of sulfone groups is 1. The number of aromatic amines is 1. The van der Waals surface area contributed by atoms with Crippen LogP contribution < -0.4 is 5.32 Å². The molecule has 23 heavy (non-hydrogen) atoms. The summed E-state index contributed by atoms with van der Waals surface area (Å²) in [6.45, 7) is 2.67. The topological polar surface area (TPSA) is 74.8 Å². The monoisotopic (exact) mass is 329 g/mol. The maximum Gasteiger partial charge on any atom is 0.179 e. The molecule has 0 saturated heterocycles. The van der Waals surface area contributed by atoms with Gasteiger partial charge in [0, 0.05) is 35.6 Å². The molecule has 5 nitrogen and oxygen atoms in total. The number of rotatable bonds is 5. The van der Waals surface area contributed by atoms with Gasteiger partial charge in [0.2, 0.25) is 0 Å². The van der Waals surface area contributed by atoms with Crippen LogP contribution in [0.2, 0.25) is 0 Å². The number of nitrogens with zero attached hydrogens (tertiary/aromatic N) is 1. The molecule has 3 aromatic rings. The minimum atomic E-state index is -3.29. The highest BCUT2D eigenvalue weighted by Gasteiger charge is 2.14. The van der Waals surface area contributed by atoms with E-state index in [4.69, 9.17) is 0 Å². The Morgan fingerprint density at radius 1 is 1.17 bits per heavy atom. The Hall–Kier alpha value is -2.34. The Labute approximate surface area is 135 Å². The highest BCUT2D eigenvalue weighted by molar-refractivity contribution is 7.90. The van der Waals surface area contributed by atoms with Crippen LogP contribution in [0.25, 0.3) is 10.9 Å². The van der Waals surface area contributed by atoms with Gasteiger partial charge < -0.3 is 10.3 Å². The zero-order valence-corrected chi connectivity index (χ0v) is 13.9. The van der Waals surface area contributed by atoms with Crippen LogP contribution in [0, 0.1) is 6.92 Å². The number of fused-ring (bicyclic) bond motifs is 1. The normalized spacial score (nSPS) is 11.7. The van der Waals surface area contributed by atoms with E-state index < -0.39 is 9.84 Å². The second-order valence-corrected chi connectivity index (χ2v) is 7.56. The van der Waals surface area contributed by atoms with E-state index in [1.165, 1.54) is 17.2 Å². The summed E-state index contributed by atoms with van der Waals surface area (Å²) < 4.78 is 23.6. The van der Waals surface area contributed by atoms with Gasteiger partial charge in [0.05, 0.1) is 0 Å². The lowest BCUT2D eigenvalue weighted by molar-refractivity contribution is 0.601. The summed E-state index contributed by atoms with van der Waals surface area (Å²) in [6.07, 6.45) is 3.57. The molecule has 0 unspecified atom stereocenters. The van der Waals surface area contributed by atoms with Crippen LogP contribution >= 0.6 is 0 Å². The number of hydrogen-bond donors (Lipinski definition) is 2. The number of nitrogens with one attached hydrogen (secondary N) is 2. The number of aryl methyl sites for hydroxylation is 1. The Balaban J connectivity index is 1.79. The largest absolute Gasteiger partial charge is 0.369 e. The molecule has 0 amide bonds. The van der Waals surface area contributed by atoms with E-state index in [-0.39, 0.29) is 4.90 Å². The summed E-state index contributed by atoms with van der Waals surface area (Å²) in [5.41, 5.74) is 3.50. The Morgan fingerprint density at radius 3 is 2.74 bits per heavy atom. The van der Waals surface area contributed by atoms with Gasteiger partial charge in [-0.25, -0.2) is 13.4 Å². The van der Waals surface area contributed by atoms with E-state index in [1.54, 1.807) is 18.3 Å². The highest BCUT2D eigenvalue weighted by atomic mass is 32.2. The van der Waals surface area contributed by atoms with Crippen LogP contribution in [0.1, 0.15) is 11.3 Å². The molecule has 3 rings (SSSR count). The molecule has 2 N–H and O–H groups in total. The first-order chi connectivity index (χ1) is 11.0. The molecule has 120 valence electrons. The van der Waals surface area contributed by atoms with Crippen molar-refractivity contribution >= 4 is 26.6 Å². The lowest BCUT2D eigenvalue weighted by Crippen LogP contribution is -2.11. The summed E-state index contributed by atoms with van der Waals surface area (Å²) >= 11 is 0. The van der Waals surface area contributed by atoms with Crippen LogP contribution in [0.15, 0.2) is 47.5 Å². The number of para-hydroxylation sites is 1. The minimum absolute atomic E-state index is 0.232. The van der Waals surface area contributed by atoms with Crippen LogP contribution in [-0.4, -0.2) is 31.2 Å². The molecule has 0 saturated carbocycles. The summed E-state index contributed by atoms with van der Waals surface area (Å²) in [5, 5.41) is 4.35. The van der Waals surface area contributed by atoms with E-state index in [2.05, 4.69) is 34.3 Å². The summed E-state index contributed by atoms with van der Waals surface area (Å²) in [5.74, 6) is 0.410. The first kappa shape index (κ1) is 15.6. The molecule has 6 heteroatoms. The van der Waals surface area contributed by atoms with Gasteiger partial charge in [0.15, 0.2) is 9.84 Å². The fourth-order valence-electron chi connectivity index (χ4n) is 2.79.